The topological polar surface area (TPSA) is 68.3 Å². The molecule has 2 aromatic carbocycles. The van der Waals surface area contributed by atoms with Crippen molar-refractivity contribution in [3.8, 4) is 0 Å². The van der Waals surface area contributed by atoms with Crippen molar-refractivity contribution in [2.75, 3.05) is 11.9 Å². The first-order valence-electron chi connectivity index (χ1n) is 7.42. The number of ether oxygens (including phenoxy) is 1. The molecule has 1 N–H and O–H groups in total. The zero-order valence-corrected chi connectivity index (χ0v) is 14.1. The molecular formula is C18H16N2O3S. The number of rotatable bonds is 4. The van der Waals surface area contributed by atoms with E-state index in [-0.39, 0.29) is 6.61 Å². The fourth-order valence-corrected chi connectivity index (χ4v) is 3.21. The Morgan fingerprint density at radius 1 is 1.12 bits per heavy atom. The maximum atomic E-state index is 11.9. The average Bonchev–Trinajstić information content (AvgIpc) is 2.93. The standard InChI is InChI=1S/C18H16N2O3S/c1-11-4-3-5-13(8-11)17(22)23-10-16(21)20-18-19-14-7-6-12(2)9-15(14)24-18/h3-9H,10H2,1-2H3,(H,19,20,21). The quantitative estimate of drug-likeness (QED) is 0.735. The Bertz CT molecular complexity index is 918. The number of anilines is 1. The van der Waals surface area contributed by atoms with Gasteiger partial charge in [-0.15, -0.1) is 0 Å². The Labute approximate surface area is 143 Å². The molecule has 0 unspecified atom stereocenters. The highest BCUT2D eigenvalue weighted by Crippen LogP contribution is 2.26. The molecule has 0 bridgehead atoms. The van der Waals surface area contributed by atoms with E-state index in [0.29, 0.717) is 10.7 Å². The summed E-state index contributed by atoms with van der Waals surface area (Å²) in [6.45, 7) is 3.54. The highest BCUT2D eigenvalue weighted by atomic mass is 32.1. The van der Waals surface area contributed by atoms with Gasteiger partial charge in [-0.25, -0.2) is 9.78 Å². The summed E-state index contributed by atoms with van der Waals surface area (Å²) in [6, 6.07) is 12.9. The lowest BCUT2D eigenvalue weighted by Gasteiger charge is -2.05. The minimum Gasteiger partial charge on any atom is -0.452 e. The molecule has 0 spiro atoms. The largest absolute Gasteiger partial charge is 0.452 e. The molecule has 0 saturated heterocycles. The molecule has 122 valence electrons. The van der Waals surface area contributed by atoms with Crippen LogP contribution in [0.25, 0.3) is 10.2 Å². The molecule has 0 aliphatic rings. The normalized spacial score (nSPS) is 10.6. The summed E-state index contributed by atoms with van der Waals surface area (Å²) in [5, 5.41) is 3.15. The fourth-order valence-electron chi connectivity index (χ4n) is 2.23. The molecule has 6 heteroatoms. The number of carbonyl (C=O) groups excluding carboxylic acids is 2. The number of aryl methyl sites for hydroxylation is 2. The van der Waals surface area contributed by atoms with Gasteiger partial charge in [-0.3, -0.25) is 10.1 Å². The molecule has 3 aromatic rings. The van der Waals surface area contributed by atoms with E-state index >= 15 is 0 Å². The van der Waals surface area contributed by atoms with Crippen LogP contribution in [0.15, 0.2) is 42.5 Å². The highest BCUT2D eigenvalue weighted by Gasteiger charge is 2.12. The number of esters is 1. The van der Waals surface area contributed by atoms with E-state index in [1.807, 2.05) is 38.1 Å². The van der Waals surface area contributed by atoms with Crippen molar-refractivity contribution in [1.29, 1.82) is 0 Å². The van der Waals surface area contributed by atoms with Crippen LogP contribution in [0.2, 0.25) is 0 Å². The molecule has 0 atom stereocenters. The van der Waals surface area contributed by atoms with Gasteiger partial charge in [0.1, 0.15) is 0 Å². The summed E-state index contributed by atoms with van der Waals surface area (Å²) in [4.78, 5) is 28.2. The van der Waals surface area contributed by atoms with Gasteiger partial charge in [-0.05, 0) is 43.7 Å². The Morgan fingerprint density at radius 3 is 2.71 bits per heavy atom. The van der Waals surface area contributed by atoms with Gasteiger partial charge in [-0.2, -0.15) is 0 Å². The van der Waals surface area contributed by atoms with Crippen LogP contribution < -0.4 is 5.32 Å². The molecule has 0 radical (unpaired) electrons. The fraction of sp³-hybridized carbons (Fsp3) is 0.167. The number of thiazole rings is 1. The molecule has 1 amide bonds. The molecule has 0 aliphatic carbocycles. The molecule has 3 rings (SSSR count). The molecule has 0 aliphatic heterocycles. The number of nitrogens with one attached hydrogen (secondary N) is 1. The predicted molar refractivity (Wildman–Crippen MR) is 94.4 cm³/mol. The third-order valence-corrected chi connectivity index (χ3v) is 4.31. The molecular weight excluding hydrogens is 324 g/mol. The van der Waals surface area contributed by atoms with Crippen LogP contribution in [-0.4, -0.2) is 23.5 Å². The van der Waals surface area contributed by atoms with Gasteiger partial charge >= 0.3 is 5.97 Å². The van der Waals surface area contributed by atoms with Gasteiger partial charge in [0.25, 0.3) is 5.91 Å². The lowest BCUT2D eigenvalue weighted by molar-refractivity contribution is -0.119. The minimum absolute atomic E-state index is 0.346. The second kappa shape index (κ2) is 6.80. The molecule has 1 aromatic heterocycles. The van der Waals surface area contributed by atoms with Crippen molar-refractivity contribution in [2.45, 2.75) is 13.8 Å². The molecule has 24 heavy (non-hydrogen) atoms. The Balaban J connectivity index is 1.59. The summed E-state index contributed by atoms with van der Waals surface area (Å²) in [5.74, 6) is -0.930. The number of fused-ring (bicyclic) bond motifs is 1. The van der Waals surface area contributed by atoms with E-state index in [0.717, 1.165) is 21.3 Å². The summed E-state index contributed by atoms with van der Waals surface area (Å²) in [5.41, 5.74) is 3.35. The molecule has 1 heterocycles. The highest BCUT2D eigenvalue weighted by molar-refractivity contribution is 7.22. The first kappa shape index (κ1) is 16.1. The van der Waals surface area contributed by atoms with E-state index in [2.05, 4.69) is 10.3 Å². The van der Waals surface area contributed by atoms with E-state index in [1.165, 1.54) is 11.3 Å². The van der Waals surface area contributed by atoms with Crippen molar-refractivity contribution in [2.24, 2.45) is 0 Å². The first-order valence-corrected chi connectivity index (χ1v) is 8.24. The van der Waals surface area contributed by atoms with Gasteiger partial charge in [0, 0.05) is 0 Å². The Morgan fingerprint density at radius 2 is 1.92 bits per heavy atom. The van der Waals surface area contributed by atoms with Crippen LogP contribution in [-0.2, 0) is 9.53 Å². The van der Waals surface area contributed by atoms with E-state index < -0.39 is 11.9 Å². The van der Waals surface area contributed by atoms with Crippen LogP contribution in [0.3, 0.4) is 0 Å². The Hall–Kier alpha value is -2.73. The smallest absolute Gasteiger partial charge is 0.338 e. The minimum atomic E-state index is -0.520. The second-order valence-electron chi connectivity index (χ2n) is 5.48. The van der Waals surface area contributed by atoms with Crippen LogP contribution in [0.1, 0.15) is 21.5 Å². The lowest BCUT2D eigenvalue weighted by atomic mass is 10.1. The van der Waals surface area contributed by atoms with Crippen molar-refractivity contribution in [3.05, 3.63) is 59.2 Å². The monoisotopic (exact) mass is 340 g/mol. The van der Waals surface area contributed by atoms with Crippen molar-refractivity contribution in [1.82, 2.24) is 4.98 Å². The van der Waals surface area contributed by atoms with E-state index in [1.54, 1.807) is 18.2 Å². The van der Waals surface area contributed by atoms with Gasteiger partial charge in [0.05, 0.1) is 15.8 Å². The zero-order chi connectivity index (χ0) is 17.1. The lowest BCUT2D eigenvalue weighted by Crippen LogP contribution is -2.20. The maximum absolute atomic E-state index is 11.9. The third kappa shape index (κ3) is 3.78. The van der Waals surface area contributed by atoms with Gasteiger partial charge in [-0.1, -0.05) is 35.1 Å². The van der Waals surface area contributed by atoms with Gasteiger partial charge in [0.2, 0.25) is 0 Å². The van der Waals surface area contributed by atoms with Crippen LogP contribution >= 0.6 is 11.3 Å². The number of benzene rings is 2. The SMILES string of the molecule is Cc1cccc(C(=O)OCC(=O)Nc2nc3ccc(C)cc3s2)c1. The van der Waals surface area contributed by atoms with Crippen molar-refractivity contribution < 1.29 is 14.3 Å². The average molecular weight is 340 g/mol. The summed E-state index contributed by atoms with van der Waals surface area (Å²) in [7, 11) is 0. The van der Waals surface area contributed by atoms with Gasteiger partial charge < -0.3 is 4.74 Å². The van der Waals surface area contributed by atoms with Crippen molar-refractivity contribution in [3.63, 3.8) is 0 Å². The predicted octanol–water partition coefficient (Wildman–Crippen LogP) is 3.71. The van der Waals surface area contributed by atoms with Crippen LogP contribution in [0, 0.1) is 13.8 Å². The number of aromatic nitrogens is 1. The number of amides is 1. The number of hydrogen-bond donors (Lipinski definition) is 1. The molecule has 5 nitrogen and oxygen atoms in total. The van der Waals surface area contributed by atoms with E-state index in [9.17, 15) is 9.59 Å². The van der Waals surface area contributed by atoms with Crippen LogP contribution in [0.4, 0.5) is 5.13 Å². The first-order chi connectivity index (χ1) is 11.5. The summed E-state index contributed by atoms with van der Waals surface area (Å²) in [6.07, 6.45) is 0. The number of carbonyl (C=O) groups is 2. The molecule has 0 fully saturated rings. The third-order valence-electron chi connectivity index (χ3n) is 3.38. The Kier molecular flexibility index (Phi) is 4.57. The second-order valence-corrected chi connectivity index (χ2v) is 6.51. The summed E-state index contributed by atoms with van der Waals surface area (Å²) >= 11 is 1.39. The summed E-state index contributed by atoms with van der Waals surface area (Å²) < 4.78 is 6.04. The van der Waals surface area contributed by atoms with E-state index in [4.69, 9.17) is 4.74 Å². The van der Waals surface area contributed by atoms with Gasteiger partial charge in [0.15, 0.2) is 11.7 Å². The van der Waals surface area contributed by atoms with Crippen molar-refractivity contribution >= 4 is 38.6 Å². The van der Waals surface area contributed by atoms with Crippen LogP contribution in [0.5, 0.6) is 0 Å². The maximum Gasteiger partial charge on any atom is 0.338 e. The zero-order valence-electron chi connectivity index (χ0n) is 13.3. The molecule has 0 saturated carbocycles. The number of hydrogen-bond acceptors (Lipinski definition) is 5. The number of nitrogens with zero attached hydrogens (tertiary/aromatic N) is 1.